The summed E-state index contributed by atoms with van der Waals surface area (Å²) in [6.45, 7) is 6.95. The molecule has 1 saturated heterocycles. The molecular weight excluding hydrogens is 283 g/mol. The van der Waals surface area contributed by atoms with Gasteiger partial charge in [-0.1, -0.05) is 15.9 Å². The number of hydrogen-bond donors (Lipinski definition) is 1. The number of rotatable bonds is 2. The summed E-state index contributed by atoms with van der Waals surface area (Å²) in [7, 11) is 0. The molecule has 1 aliphatic heterocycles. The maximum absolute atomic E-state index is 13.7. The minimum absolute atomic E-state index is 0.119. The lowest BCUT2D eigenvalue weighted by Gasteiger charge is -2.37. The molecule has 0 amide bonds. The molecule has 0 radical (unpaired) electrons. The standard InChI is InChI=1S/C13H18BrFN2/c1-9-7-17(10(2)6-16-9)8-11-5-12(14)3-4-13(11)15/h3-5,9-10,16H,6-8H2,1-2H3. The molecule has 0 spiro atoms. The maximum atomic E-state index is 13.7. The van der Waals surface area contributed by atoms with Crippen LogP contribution < -0.4 is 5.32 Å². The van der Waals surface area contributed by atoms with Crippen molar-refractivity contribution in [1.82, 2.24) is 10.2 Å². The van der Waals surface area contributed by atoms with Gasteiger partial charge in [0.15, 0.2) is 0 Å². The monoisotopic (exact) mass is 300 g/mol. The zero-order chi connectivity index (χ0) is 12.4. The molecular formula is C13H18BrFN2. The van der Waals surface area contributed by atoms with Gasteiger partial charge in [0, 0.05) is 41.8 Å². The number of nitrogens with one attached hydrogen (secondary N) is 1. The fraction of sp³-hybridized carbons (Fsp3) is 0.538. The lowest BCUT2D eigenvalue weighted by Crippen LogP contribution is -2.53. The number of hydrogen-bond acceptors (Lipinski definition) is 2. The van der Waals surface area contributed by atoms with Gasteiger partial charge in [0.1, 0.15) is 5.82 Å². The van der Waals surface area contributed by atoms with Crippen LogP contribution in [-0.4, -0.2) is 30.1 Å². The normalized spacial score (nSPS) is 26.1. The summed E-state index contributed by atoms with van der Waals surface area (Å²) in [5.41, 5.74) is 0.764. The van der Waals surface area contributed by atoms with Gasteiger partial charge in [0.05, 0.1) is 0 Å². The third kappa shape index (κ3) is 3.27. The first kappa shape index (κ1) is 13.0. The summed E-state index contributed by atoms with van der Waals surface area (Å²) in [6.07, 6.45) is 0. The molecule has 1 fully saturated rings. The number of benzene rings is 1. The Morgan fingerprint density at radius 1 is 1.47 bits per heavy atom. The smallest absolute Gasteiger partial charge is 0.127 e. The van der Waals surface area contributed by atoms with Crippen molar-refractivity contribution in [3.63, 3.8) is 0 Å². The van der Waals surface area contributed by atoms with Gasteiger partial charge in [-0.3, -0.25) is 4.90 Å². The molecule has 2 atom stereocenters. The lowest BCUT2D eigenvalue weighted by atomic mass is 10.1. The van der Waals surface area contributed by atoms with Gasteiger partial charge in [-0.25, -0.2) is 4.39 Å². The highest BCUT2D eigenvalue weighted by atomic mass is 79.9. The van der Waals surface area contributed by atoms with E-state index in [2.05, 4.69) is 40.0 Å². The highest BCUT2D eigenvalue weighted by Gasteiger charge is 2.23. The van der Waals surface area contributed by atoms with E-state index in [0.717, 1.165) is 23.1 Å². The molecule has 1 aromatic carbocycles. The molecule has 4 heteroatoms. The fourth-order valence-corrected chi connectivity index (χ4v) is 2.61. The van der Waals surface area contributed by atoms with Gasteiger partial charge < -0.3 is 5.32 Å². The van der Waals surface area contributed by atoms with E-state index in [0.29, 0.717) is 18.6 Å². The number of piperazine rings is 1. The van der Waals surface area contributed by atoms with Crippen molar-refractivity contribution in [2.75, 3.05) is 13.1 Å². The van der Waals surface area contributed by atoms with Crippen LogP contribution in [0.15, 0.2) is 22.7 Å². The van der Waals surface area contributed by atoms with Gasteiger partial charge in [-0.2, -0.15) is 0 Å². The summed E-state index contributed by atoms with van der Waals surface area (Å²) in [6, 6.07) is 6.05. The maximum Gasteiger partial charge on any atom is 0.127 e. The summed E-state index contributed by atoms with van der Waals surface area (Å²) >= 11 is 3.39. The molecule has 2 rings (SSSR count). The van der Waals surface area contributed by atoms with Crippen LogP contribution in [0.3, 0.4) is 0 Å². The quantitative estimate of drug-likeness (QED) is 0.903. The number of nitrogens with zero attached hydrogens (tertiary/aromatic N) is 1. The van der Waals surface area contributed by atoms with E-state index in [1.807, 2.05) is 6.07 Å². The van der Waals surface area contributed by atoms with Gasteiger partial charge in [0.25, 0.3) is 0 Å². The Kier molecular flexibility index (Phi) is 4.17. The minimum atomic E-state index is -0.119. The molecule has 1 heterocycles. The Morgan fingerprint density at radius 3 is 3.00 bits per heavy atom. The first-order valence-electron chi connectivity index (χ1n) is 5.97. The Bertz CT molecular complexity index is 397. The molecule has 1 aliphatic rings. The fourth-order valence-electron chi connectivity index (χ4n) is 2.20. The second kappa shape index (κ2) is 5.46. The van der Waals surface area contributed by atoms with Gasteiger partial charge >= 0.3 is 0 Å². The highest BCUT2D eigenvalue weighted by Crippen LogP contribution is 2.19. The van der Waals surface area contributed by atoms with E-state index < -0.39 is 0 Å². The van der Waals surface area contributed by atoms with E-state index in [-0.39, 0.29) is 5.82 Å². The second-order valence-electron chi connectivity index (χ2n) is 4.82. The van der Waals surface area contributed by atoms with Crippen molar-refractivity contribution in [3.8, 4) is 0 Å². The van der Waals surface area contributed by atoms with E-state index in [1.165, 1.54) is 6.07 Å². The average Bonchev–Trinajstić information content (AvgIpc) is 2.28. The molecule has 1 N–H and O–H groups in total. The Labute approximate surface area is 110 Å². The summed E-state index contributed by atoms with van der Waals surface area (Å²) in [5, 5.41) is 3.43. The topological polar surface area (TPSA) is 15.3 Å². The molecule has 17 heavy (non-hydrogen) atoms. The Hall–Kier alpha value is -0.450. The van der Waals surface area contributed by atoms with Crippen LogP contribution in [-0.2, 0) is 6.54 Å². The van der Waals surface area contributed by atoms with Crippen LogP contribution in [0.4, 0.5) is 4.39 Å². The SMILES string of the molecule is CC1CN(Cc2cc(Br)ccc2F)C(C)CN1. The molecule has 2 unspecified atom stereocenters. The third-order valence-electron chi connectivity index (χ3n) is 3.27. The lowest BCUT2D eigenvalue weighted by molar-refractivity contribution is 0.137. The van der Waals surface area contributed by atoms with Gasteiger partial charge in [-0.15, -0.1) is 0 Å². The predicted molar refractivity (Wildman–Crippen MR) is 71.4 cm³/mol. The minimum Gasteiger partial charge on any atom is -0.311 e. The van der Waals surface area contributed by atoms with Crippen LogP contribution in [0.5, 0.6) is 0 Å². The van der Waals surface area contributed by atoms with E-state index in [1.54, 1.807) is 6.07 Å². The van der Waals surface area contributed by atoms with Crippen molar-refractivity contribution in [2.24, 2.45) is 0 Å². The molecule has 94 valence electrons. The Balaban J connectivity index is 2.11. The molecule has 2 nitrogen and oxygen atoms in total. The molecule has 0 saturated carbocycles. The third-order valence-corrected chi connectivity index (χ3v) is 3.77. The highest BCUT2D eigenvalue weighted by molar-refractivity contribution is 9.10. The molecule has 1 aromatic rings. The van der Waals surface area contributed by atoms with E-state index in [4.69, 9.17) is 0 Å². The van der Waals surface area contributed by atoms with Crippen LogP contribution >= 0.6 is 15.9 Å². The van der Waals surface area contributed by atoms with Crippen LogP contribution in [0.1, 0.15) is 19.4 Å². The van der Waals surface area contributed by atoms with E-state index >= 15 is 0 Å². The second-order valence-corrected chi connectivity index (χ2v) is 5.74. The van der Waals surface area contributed by atoms with Gasteiger partial charge in [-0.05, 0) is 32.0 Å². The zero-order valence-electron chi connectivity index (χ0n) is 10.2. The van der Waals surface area contributed by atoms with Crippen LogP contribution in [0.2, 0.25) is 0 Å². The Morgan fingerprint density at radius 2 is 2.24 bits per heavy atom. The van der Waals surface area contributed by atoms with Crippen molar-refractivity contribution >= 4 is 15.9 Å². The molecule has 0 aliphatic carbocycles. The van der Waals surface area contributed by atoms with Crippen molar-refractivity contribution in [1.29, 1.82) is 0 Å². The zero-order valence-corrected chi connectivity index (χ0v) is 11.8. The van der Waals surface area contributed by atoms with E-state index in [9.17, 15) is 4.39 Å². The number of halogens is 2. The molecule has 0 bridgehead atoms. The predicted octanol–water partition coefficient (Wildman–Crippen LogP) is 2.77. The average molecular weight is 301 g/mol. The summed E-state index contributed by atoms with van der Waals surface area (Å²) < 4.78 is 14.6. The van der Waals surface area contributed by atoms with Crippen LogP contribution in [0, 0.1) is 5.82 Å². The molecule has 0 aromatic heterocycles. The first-order valence-corrected chi connectivity index (χ1v) is 6.77. The van der Waals surface area contributed by atoms with Crippen molar-refractivity contribution < 1.29 is 4.39 Å². The summed E-state index contributed by atoms with van der Waals surface area (Å²) in [4.78, 5) is 2.33. The van der Waals surface area contributed by atoms with Gasteiger partial charge in [0.2, 0.25) is 0 Å². The first-order chi connectivity index (χ1) is 8.06. The van der Waals surface area contributed by atoms with Crippen molar-refractivity contribution in [2.45, 2.75) is 32.5 Å². The largest absolute Gasteiger partial charge is 0.311 e. The van der Waals surface area contributed by atoms with Crippen molar-refractivity contribution in [3.05, 3.63) is 34.1 Å². The summed E-state index contributed by atoms with van der Waals surface area (Å²) in [5.74, 6) is -0.119. The van der Waals surface area contributed by atoms with Crippen LogP contribution in [0.25, 0.3) is 0 Å².